The second-order valence-corrected chi connectivity index (χ2v) is 38.8. The fourth-order valence-electron chi connectivity index (χ4n) is 11.1. The Morgan fingerprint density at radius 1 is 0.577 bits per heavy atom. The van der Waals surface area contributed by atoms with E-state index in [1.54, 1.807) is 6.20 Å². The first-order chi connectivity index (χ1) is 60.4. The summed E-state index contributed by atoms with van der Waals surface area (Å²) in [6.45, 7) is 107. The molecule has 7 heterocycles. The van der Waals surface area contributed by atoms with Crippen molar-refractivity contribution >= 4 is 0 Å². The van der Waals surface area contributed by atoms with Gasteiger partial charge in [0.15, 0.2) is 6.39 Å². The minimum atomic E-state index is 0. The number of nitrogens with zero attached hydrogens (tertiary/aromatic N) is 6. The second-order valence-electron chi connectivity index (χ2n) is 38.8. The number of unbranched alkanes of at least 4 members (excludes halogenated alkanes) is 2. The molecule has 5 aliphatic heterocycles. The molecule has 0 aromatic carbocycles. The van der Waals surface area contributed by atoms with Crippen molar-refractivity contribution in [3.8, 4) is 0 Å². The van der Waals surface area contributed by atoms with Crippen LogP contribution in [0.3, 0.4) is 0 Å². The van der Waals surface area contributed by atoms with Crippen molar-refractivity contribution in [3.05, 3.63) is 35.8 Å². The van der Waals surface area contributed by atoms with Gasteiger partial charge in [-0.1, -0.05) is 294 Å². The van der Waals surface area contributed by atoms with E-state index >= 15 is 0 Å². The van der Waals surface area contributed by atoms with Gasteiger partial charge < -0.3 is 89.9 Å². The predicted molar refractivity (Wildman–Crippen MR) is 601 cm³/mol. The van der Waals surface area contributed by atoms with E-state index in [1.807, 2.05) is 75.4 Å². The smallest absolute Gasteiger partial charge is 0.180 e. The van der Waals surface area contributed by atoms with Gasteiger partial charge in [-0.3, -0.25) is 5.10 Å². The molecule has 800 valence electrons. The lowest BCUT2D eigenvalue weighted by Gasteiger charge is -2.29. The summed E-state index contributed by atoms with van der Waals surface area (Å²) in [7, 11) is 6.38. The number of H-pyrrole nitrogens is 1. The molecule has 8 unspecified atom stereocenters. The monoisotopic (exact) mass is 1860 g/mol. The van der Waals surface area contributed by atoms with E-state index in [0.717, 1.165) is 136 Å². The summed E-state index contributed by atoms with van der Waals surface area (Å²) in [4.78, 5) is 13.3. The Morgan fingerprint density at radius 3 is 1.23 bits per heavy atom. The quantitative estimate of drug-likeness (QED) is 0.0390. The van der Waals surface area contributed by atoms with Gasteiger partial charge in [0.2, 0.25) is 0 Å². The average molecular weight is 1860 g/mol. The lowest BCUT2D eigenvalue weighted by Crippen LogP contribution is -2.39. The first kappa shape index (κ1) is 159. The Hall–Kier alpha value is -2.22. The SMILES string of the molecule is C.C.CC.CC(C)(C)C.CC(C)N.CC1CCCCC1.CC1CCCCN1C.CC1CCCN1.CC1CCN1.CC1CNC1.CCC(C)CCNC.CCC(C)N.CCC(N)C(C)C.CCC(N)CC(C)C.CCCCN(C)CC.CCCCNCC.CCN.CCN(CC)CC.CCN1CCCC(C)C1.CCNC1CC1.CCNCC.Cc1cc(C)[nH]n1.Cc1cnco1. The van der Waals surface area contributed by atoms with Crippen LogP contribution in [0.1, 0.15) is 442 Å². The van der Waals surface area contributed by atoms with Gasteiger partial charge in [-0.2, -0.15) is 5.10 Å². The van der Waals surface area contributed by atoms with E-state index < -0.39 is 0 Å². The van der Waals surface area contributed by atoms with Gasteiger partial charge >= 0.3 is 0 Å². The minimum absolute atomic E-state index is 0. The first-order valence-electron chi connectivity index (χ1n) is 53.7. The number of hydrogen-bond donors (Lipinski definition) is 13. The molecule has 0 bridgehead atoms. The molecule has 20 heteroatoms. The Morgan fingerprint density at radius 2 is 1.05 bits per heavy atom. The molecule has 2 saturated carbocycles. The van der Waals surface area contributed by atoms with E-state index in [4.69, 9.17) is 33.1 Å². The molecular weight excluding hydrogens is 1600 g/mol. The highest BCUT2D eigenvalue weighted by molar-refractivity contribution is 5.03. The lowest BCUT2D eigenvalue weighted by molar-refractivity contribution is 0.192. The van der Waals surface area contributed by atoms with Crippen LogP contribution in [-0.4, -0.2) is 235 Å². The summed E-state index contributed by atoms with van der Waals surface area (Å²) in [5, 5.41) is 29.2. The highest BCUT2D eigenvalue weighted by atomic mass is 16.3. The molecule has 20 nitrogen and oxygen atoms in total. The summed E-state index contributed by atoms with van der Waals surface area (Å²) in [5.74, 6) is 6.08. The molecule has 2 aliphatic carbocycles. The highest BCUT2D eigenvalue weighted by Gasteiger charge is 2.19. The number of aromatic nitrogens is 3. The van der Waals surface area contributed by atoms with Crippen LogP contribution in [0.25, 0.3) is 0 Å². The van der Waals surface area contributed by atoms with Crippen molar-refractivity contribution in [1.29, 1.82) is 0 Å². The third-order valence-corrected chi connectivity index (χ3v) is 21.1. The molecule has 18 N–H and O–H groups in total. The Labute approximate surface area is 823 Å². The topological polar surface area (TPSA) is 282 Å². The van der Waals surface area contributed by atoms with Crippen LogP contribution in [0, 0.1) is 61.7 Å². The maximum Gasteiger partial charge on any atom is 0.180 e. The van der Waals surface area contributed by atoms with Gasteiger partial charge in [-0.25, -0.2) is 4.98 Å². The number of hydrogen-bond acceptors (Lipinski definition) is 19. The number of likely N-dealkylation sites (tertiary alicyclic amines) is 2. The molecule has 8 atom stereocenters. The molecule has 5 saturated heterocycles. The Kier molecular flexibility index (Phi) is 155. The second kappa shape index (κ2) is 127. The lowest BCUT2D eigenvalue weighted by atomic mass is 9.91. The zero-order chi connectivity index (χ0) is 101. The number of piperidine rings is 2. The third-order valence-electron chi connectivity index (χ3n) is 21.1. The molecule has 7 aliphatic rings. The molecule has 9 rings (SSSR count). The van der Waals surface area contributed by atoms with E-state index in [-0.39, 0.29) is 14.9 Å². The number of aryl methyl sites for hydroxylation is 3. The van der Waals surface area contributed by atoms with Crippen LogP contribution in [-0.2, 0) is 0 Å². The largest absolute Gasteiger partial charge is 0.449 e. The van der Waals surface area contributed by atoms with Crippen molar-refractivity contribution in [2.75, 3.05) is 152 Å². The summed E-state index contributed by atoms with van der Waals surface area (Å²) >= 11 is 0. The molecule has 130 heavy (non-hydrogen) atoms. The first-order valence-corrected chi connectivity index (χ1v) is 53.7. The number of nitrogens with one attached hydrogen (secondary N) is 8. The maximum atomic E-state index is 5.67. The fraction of sp³-hybridized carbons (Fsp3) is 0.945. The van der Waals surface area contributed by atoms with Gasteiger partial charge in [-0.05, 0) is 350 Å². The van der Waals surface area contributed by atoms with Crippen molar-refractivity contribution in [2.45, 2.75) is 494 Å². The van der Waals surface area contributed by atoms with E-state index in [2.05, 4.69) is 294 Å². The summed E-state index contributed by atoms with van der Waals surface area (Å²) in [5.41, 5.74) is 29.2. The molecule has 7 fully saturated rings. The zero-order valence-corrected chi connectivity index (χ0v) is 95.6. The van der Waals surface area contributed by atoms with Crippen molar-refractivity contribution in [3.63, 3.8) is 0 Å². The zero-order valence-electron chi connectivity index (χ0n) is 95.6. The minimum Gasteiger partial charge on any atom is -0.449 e. The maximum absolute atomic E-state index is 5.67. The molecule has 2 aromatic rings. The standard InChI is InChI=1S/C8H17N.C7H15N.3C7H17N.C7H14.3C6H15N.C5H8N2.2C5H11N.C5H12.C4H5NO.2C4H9N.2C4H11N.C3H9N.C2H7N.C2H6.2CH4/c1-3-9-6-4-5-8(2)7-9;1-7-5-3-4-6-8(7)2;1-4-7(2)5-6-8-3;1-4-7(8)5-6(2)3;1-4-6-7-8(3)5-2;1-7-5-3-2-4-6-7;1-4-7(5-2)6-3;1-4-6(7)5(2)3;1-3-5-6-7-4-2;1-4-3-5(2)7-6-4;1-5-3-2-4-6-5;1-2-6-5-3-4-5;1-5(2,3)4;1-4-2-5-3-6-4;1-4-2-5-3-4;1-4-2-3-5-4;1-3-5-4-2;1-3-4(2)5;1-3(2)4;1-2-3;1-2;;/h8H,3-7H2,1-2H3;7H,3-6H2,1-2H3;7-8H,4-6H2,1-3H3;6-7H,4-5,8H2,1-3H3;4-7H2,1-3H3;7H,2-6H2,1H3;4-6H2,1-3H3;5-6H,4,7H2,1-3H3;7H,3-6H2,1-2H3;3H,1-2H3,(H,6,7);2*5-6H,2-4H2,1H3;1-4H3;2-3H,1H3;2*4-5H,2-3H2,1H3;5H,3-4H2,1-2H3;4H,3,5H2,1-2H3;3H,4H2,1-2H3;2-3H2,1H3;1-2H3;2*1H4. The van der Waals surface area contributed by atoms with Gasteiger partial charge in [0.25, 0.3) is 0 Å². The third kappa shape index (κ3) is 169. The van der Waals surface area contributed by atoms with Gasteiger partial charge in [0, 0.05) is 54.5 Å². The highest BCUT2D eigenvalue weighted by Crippen LogP contribution is 2.22. The molecular formula is C110H259N19O. The number of rotatable bonds is 26. The number of nitrogens with two attached hydrogens (primary N) is 5. The van der Waals surface area contributed by atoms with Crippen LogP contribution in [0.5, 0.6) is 0 Å². The summed E-state index contributed by atoms with van der Waals surface area (Å²) in [6.07, 6.45) is 36.9. The molecule has 2 aromatic heterocycles. The van der Waals surface area contributed by atoms with E-state index in [1.165, 1.54) is 233 Å². The van der Waals surface area contributed by atoms with Gasteiger partial charge in [0.05, 0.1) is 11.9 Å². The molecule has 0 spiro atoms. The molecule has 0 radical (unpaired) electrons. The van der Waals surface area contributed by atoms with Crippen molar-refractivity contribution in [1.82, 2.24) is 72.0 Å². The molecule has 0 amide bonds. The normalized spacial score (nSPS) is 17.5. The van der Waals surface area contributed by atoms with Crippen LogP contribution < -0.4 is 65.9 Å². The van der Waals surface area contributed by atoms with Crippen LogP contribution >= 0.6 is 0 Å². The fourth-order valence-corrected chi connectivity index (χ4v) is 11.1. The predicted octanol–water partition coefficient (Wildman–Crippen LogP) is 25.2. The summed E-state index contributed by atoms with van der Waals surface area (Å²) in [6, 6.07) is 6.89. The Balaban J connectivity index is -0.0000000909. The van der Waals surface area contributed by atoms with Crippen LogP contribution in [0.4, 0.5) is 0 Å². The summed E-state index contributed by atoms with van der Waals surface area (Å²) < 4.78 is 4.72. The van der Waals surface area contributed by atoms with Crippen LogP contribution in [0.15, 0.2) is 23.1 Å². The Bertz CT molecular complexity index is 2040. The van der Waals surface area contributed by atoms with Crippen molar-refractivity contribution in [2.24, 2.45) is 69.6 Å². The van der Waals surface area contributed by atoms with Gasteiger partial charge in [-0.15, -0.1) is 0 Å². The van der Waals surface area contributed by atoms with E-state index in [0.29, 0.717) is 35.5 Å². The van der Waals surface area contributed by atoms with Crippen molar-refractivity contribution < 1.29 is 4.42 Å². The van der Waals surface area contributed by atoms with Gasteiger partial charge in [0.1, 0.15) is 5.76 Å². The van der Waals surface area contributed by atoms with Crippen LogP contribution in [0.2, 0.25) is 0 Å². The average Bonchev–Trinajstić information content (AvgIpc) is 1.55. The number of oxazole rings is 1. The van der Waals surface area contributed by atoms with E-state index in [9.17, 15) is 0 Å². The number of aromatic amines is 1.